The lowest BCUT2D eigenvalue weighted by Crippen LogP contribution is -2.28. The van der Waals surface area contributed by atoms with Gasteiger partial charge in [0, 0.05) is 47.6 Å². The van der Waals surface area contributed by atoms with Crippen molar-refractivity contribution in [1.82, 2.24) is 15.0 Å². The molecule has 1 aliphatic rings. The van der Waals surface area contributed by atoms with Gasteiger partial charge in [0.05, 0.1) is 13.6 Å². The van der Waals surface area contributed by atoms with Crippen molar-refractivity contribution in [2.24, 2.45) is 0 Å². The van der Waals surface area contributed by atoms with Crippen LogP contribution in [0.1, 0.15) is 30.5 Å². The number of aromatic nitrogens is 3. The van der Waals surface area contributed by atoms with E-state index in [1.165, 1.54) is 0 Å². The Labute approximate surface area is 410 Å². The molecule has 0 saturated heterocycles. The zero-order valence-electron chi connectivity index (χ0n) is 42.7. The molecule has 0 spiro atoms. The Balaban J connectivity index is 0.992. The zero-order valence-corrected chi connectivity index (χ0v) is 37.5. The van der Waals surface area contributed by atoms with E-state index < -0.39 is 5.41 Å². The lowest BCUT2D eigenvalue weighted by Gasteiger charge is -2.34. The van der Waals surface area contributed by atoms with Crippen molar-refractivity contribution in [3.63, 3.8) is 0 Å². The zero-order chi connectivity index (χ0) is 50.7. The molecule has 0 aliphatic heterocycles. The first-order valence-electron chi connectivity index (χ1n) is 25.8. The smallest absolute Gasteiger partial charge is 0.164 e. The average Bonchev–Trinajstić information content (AvgIpc) is 4.24. The Morgan fingerprint density at radius 3 is 1.75 bits per heavy atom. The SMILES string of the molecule is [2H]c1c(-c2ccc3c(c2)oc2ccccc23)c([2H])c2c(sc3c([2H])c(-c4nc(-c5cccc(-c6ccccc6)c5)nc(-c5ccc6c(c5)C(c5ccccc5)(c5ccccc5)c5ccccc5-6)n4)c([2H])c([2H])c32)c1[2H]. The molecule has 0 bridgehead atoms. The highest BCUT2D eigenvalue weighted by Crippen LogP contribution is 2.56. The molecule has 3 aromatic heterocycles. The molecule has 14 rings (SSSR count). The second kappa shape index (κ2) is 15.7. The van der Waals surface area contributed by atoms with Gasteiger partial charge in [-0.05, 0) is 104 Å². The highest BCUT2D eigenvalue weighted by atomic mass is 32.1. The van der Waals surface area contributed by atoms with Gasteiger partial charge in [-0.2, -0.15) is 0 Å². The van der Waals surface area contributed by atoms with Gasteiger partial charge in [0.1, 0.15) is 11.2 Å². The van der Waals surface area contributed by atoms with E-state index >= 15 is 0 Å². The minimum Gasteiger partial charge on any atom is -0.456 e. The summed E-state index contributed by atoms with van der Waals surface area (Å²) in [6.45, 7) is 0. The van der Waals surface area contributed by atoms with Crippen molar-refractivity contribution in [1.29, 1.82) is 0 Å². The van der Waals surface area contributed by atoms with E-state index in [4.69, 9.17) is 19.4 Å². The van der Waals surface area contributed by atoms with Crippen LogP contribution in [0.25, 0.3) is 110 Å². The van der Waals surface area contributed by atoms with Gasteiger partial charge in [-0.15, -0.1) is 11.3 Å². The second-order valence-corrected chi connectivity index (χ2v) is 18.4. The van der Waals surface area contributed by atoms with Crippen LogP contribution in [0.5, 0.6) is 0 Å². The third-order valence-corrected chi connectivity index (χ3v) is 14.5. The topological polar surface area (TPSA) is 51.8 Å². The largest absolute Gasteiger partial charge is 0.456 e. The van der Waals surface area contributed by atoms with Crippen LogP contribution in [0.3, 0.4) is 0 Å². The average molecular weight is 904 g/mol. The molecule has 4 nitrogen and oxygen atoms in total. The molecule has 0 N–H and O–H groups in total. The monoisotopic (exact) mass is 903 g/mol. The van der Waals surface area contributed by atoms with Gasteiger partial charge in [0.25, 0.3) is 0 Å². The lowest BCUT2D eigenvalue weighted by molar-refractivity contribution is 0.669. The number of rotatable bonds is 7. The van der Waals surface area contributed by atoms with E-state index in [1.807, 2.05) is 109 Å². The summed E-state index contributed by atoms with van der Waals surface area (Å²) in [4.78, 5) is 15.5. The molecular formula is C64H39N3OS. The number of nitrogens with zero attached hydrogens (tertiary/aromatic N) is 3. The second-order valence-electron chi connectivity index (χ2n) is 17.4. The Bertz CT molecular complexity index is 4460. The maximum Gasteiger partial charge on any atom is 0.164 e. The Hall–Kier alpha value is -8.77. The van der Waals surface area contributed by atoms with Crippen molar-refractivity contribution >= 4 is 53.4 Å². The molecular weight excluding hydrogens is 859 g/mol. The molecule has 0 radical (unpaired) electrons. The number of hydrogen-bond acceptors (Lipinski definition) is 5. The van der Waals surface area contributed by atoms with E-state index in [2.05, 4.69) is 84.9 Å². The number of thiophene rings is 1. The summed E-state index contributed by atoms with van der Waals surface area (Å²) in [5, 5.41) is 2.30. The number of furan rings is 1. The fourth-order valence-corrected chi connectivity index (χ4v) is 11.3. The van der Waals surface area contributed by atoms with E-state index in [0.717, 1.165) is 66.6 Å². The number of benzene rings is 10. The van der Waals surface area contributed by atoms with Crippen LogP contribution in [0.2, 0.25) is 0 Å². The van der Waals surface area contributed by atoms with Gasteiger partial charge in [-0.25, -0.2) is 15.0 Å². The van der Waals surface area contributed by atoms with Gasteiger partial charge in [0.2, 0.25) is 0 Å². The first-order chi connectivity index (χ1) is 36.7. The van der Waals surface area contributed by atoms with Crippen molar-refractivity contribution in [3.05, 3.63) is 259 Å². The van der Waals surface area contributed by atoms with Crippen molar-refractivity contribution < 1.29 is 12.6 Å². The first-order valence-corrected chi connectivity index (χ1v) is 23.7. The fraction of sp³-hybridized carbons (Fsp3) is 0.0156. The third-order valence-electron chi connectivity index (χ3n) is 13.5. The summed E-state index contributed by atoms with van der Waals surface area (Å²) in [6.07, 6.45) is 0. The molecule has 5 heteroatoms. The van der Waals surface area contributed by atoms with Gasteiger partial charge >= 0.3 is 0 Å². The van der Waals surface area contributed by atoms with Crippen LogP contribution < -0.4 is 0 Å². The number of para-hydroxylation sites is 1. The highest BCUT2D eigenvalue weighted by Gasteiger charge is 2.46. The molecule has 322 valence electrons. The molecule has 0 atom stereocenters. The molecule has 0 saturated carbocycles. The molecule has 10 aromatic carbocycles. The van der Waals surface area contributed by atoms with Crippen LogP contribution in [0.4, 0.5) is 0 Å². The molecule has 3 heterocycles. The predicted molar refractivity (Wildman–Crippen MR) is 284 cm³/mol. The number of fused-ring (bicyclic) bond motifs is 9. The Morgan fingerprint density at radius 1 is 0.362 bits per heavy atom. The molecule has 0 unspecified atom stereocenters. The van der Waals surface area contributed by atoms with Crippen molar-refractivity contribution in [3.8, 4) is 67.5 Å². The molecule has 1 aliphatic carbocycles. The van der Waals surface area contributed by atoms with Crippen LogP contribution >= 0.6 is 11.3 Å². The van der Waals surface area contributed by atoms with Crippen LogP contribution in [-0.2, 0) is 5.41 Å². The van der Waals surface area contributed by atoms with Gasteiger partial charge in [-0.1, -0.05) is 188 Å². The first kappa shape index (κ1) is 33.7. The normalized spacial score (nSPS) is 14.0. The minimum atomic E-state index is -0.700. The number of hydrogen-bond donors (Lipinski definition) is 0. The summed E-state index contributed by atoms with van der Waals surface area (Å²) in [5.74, 6) is 0.687. The van der Waals surface area contributed by atoms with Crippen LogP contribution in [0.15, 0.2) is 241 Å². The summed E-state index contributed by atoms with van der Waals surface area (Å²) < 4.78 is 64.5. The van der Waals surface area contributed by atoms with Gasteiger partial charge in [0.15, 0.2) is 17.5 Å². The molecule has 69 heavy (non-hydrogen) atoms. The summed E-state index contributed by atoms with van der Waals surface area (Å²) in [5.41, 5.74) is 11.3. The molecule has 0 amide bonds. The van der Waals surface area contributed by atoms with Crippen LogP contribution in [0, 0.1) is 0 Å². The minimum absolute atomic E-state index is 0.0272. The highest BCUT2D eigenvalue weighted by molar-refractivity contribution is 7.25. The van der Waals surface area contributed by atoms with Crippen molar-refractivity contribution in [2.75, 3.05) is 0 Å². The fourth-order valence-electron chi connectivity index (χ4n) is 10.3. The van der Waals surface area contributed by atoms with Crippen LogP contribution in [-0.4, -0.2) is 15.0 Å². The van der Waals surface area contributed by atoms with E-state index in [9.17, 15) is 8.22 Å². The van der Waals surface area contributed by atoms with Gasteiger partial charge in [-0.3, -0.25) is 0 Å². The van der Waals surface area contributed by atoms with E-state index in [-0.39, 0.29) is 64.0 Å². The molecule has 0 fully saturated rings. The van der Waals surface area contributed by atoms with Crippen molar-refractivity contribution in [2.45, 2.75) is 5.41 Å². The summed E-state index contributed by atoms with van der Waals surface area (Å²) in [6, 6.07) is 66.2. The standard InChI is InChI=1S/C64H39N3OS/c1-4-15-40(16-5-1)41-17-14-18-44(35-41)61-65-62(45-28-31-50-49-23-10-12-25-55(49)64(56(50)37-45,47-19-6-2-7-20-47)48-21-8-3-9-22-48)67-63(66-61)46-29-33-53-54-36-42(30-34-59(54)69-60(53)39-46)43-27-32-52-51-24-11-13-26-57(51)68-58(52)38-43/h1-39H/i29D,30D,33D,34D,36D,39D. The summed E-state index contributed by atoms with van der Waals surface area (Å²) >= 11 is 1.08. The Morgan fingerprint density at radius 2 is 0.957 bits per heavy atom. The molecule has 13 aromatic rings. The quantitative estimate of drug-likeness (QED) is 0.160. The van der Waals surface area contributed by atoms with Gasteiger partial charge < -0.3 is 4.42 Å². The Kier molecular flexibility index (Phi) is 7.64. The maximum atomic E-state index is 9.94. The summed E-state index contributed by atoms with van der Waals surface area (Å²) in [7, 11) is 0. The third kappa shape index (κ3) is 6.32. The van der Waals surface area contributed by atoms with E-state index in [0.29, 0.717) is 48.9 Å². The lowest BCUT2D eigenvalue weighted by atomic mass is 9.67. The predicted octanol–water partition coefficient (Wildman–Crippen LogP) is 16.8. The maximum absolute atomic E-state index is 9.94. The van der Waals surface area contributed by atoms with E-state index in [1.54, 1.807) is 6.07 Å².